The molecule has 10 heteroatoms. The molecule has 2 amide bonds. The Bertz CT molecular complexity index is 1950. The van der Waals surface area contributed by atoms with Crippen molar-refractivity contribution in [3.05, 3.63) is 137 Å². The van der Waals surface area contributed by atoms with Crippen LogP contribution in [0.5, 0.6) is 0 Å². The highest BCUT2D eigenvalue weighted by atomic mass is 16.4. The van der Waals surface area contributed by atoms with Crippen LogP contribution in [0.1, 0.15) is 42.5 Å². The minimum atomic E-state index is -1.02. The third-order valence-electron chi connectivity index (χ3n) is 6.97. The Kier molecular flexibility index (Phi) is 7.39. The summed E-state index contributed by atoms with van der Waals surface area (Å²) in [4.78, 5) is 37.4. The third-order valence-corrected chi connectivity index (χ3v) is 6.97. The number of tetrazole rings is 1. The van der Waals surface area contributed by atoms with Crippen LogP contribution in [0, 0.1) is 0 Å². The molecule has 0 aliphatic rings. The van der Waals surface area contributed by atoms with Crippen molar-refractivity contribution in [3.8, 4) is 11.1 Å². The van der Waals surface area contributed by atoms with Gasteiger partial charge in [0.1, 0.15) is 0 Å². The maximum Gasteiger partial charge on any atom is 0.336 e. The molecule has 4 N–H and O–H groups in total. The molecule has 1 aromatic heterocycles. The van der Waals surface area contributed by atoms with Crippen molar-refractivity contribution >= 4 is 39.9 Å². The molecular weight excluding hydrogens is 544 g/mol. The molecule has 0 radical (unpaired) electrons. The maximum atomic E-state index is 13.0. The lowest BCUT2D eigenvalue weighted by Crippen LogP contribution is -2.12. The molecular formula is C33H24N6O4. The first-order valence-corrected chi connectivity index (χ1v) is 13.3. The maximum absolute atomic E-state index is 13.0. The number of aromatic amines is 1. The number of nitrogens with zero attached hydrogens (tertiary/aromatic N) is 3. The predicted octanol–water partition coefficient (Wildman–Crippen LogP) is 5.81. The summed E-state index contributed by atoms with van der Waals surface area (Å²) < 4.78 is 0. The molecule has 0 aliphatic carbocycles. The highest BCUT2D eigenvalue weighted by molar-refractivity contribution is 6.13. The summed E-state index contributed by atoms with van der Waals surface area (Å²) in [6.07, 6.45) is 0.462. The minimum absolute atomic E-state index is 0.176. The number of amides is 2. The van der Waals surface area contributed by atoms with Gasteiger partial charge in [0.2, 0.25) is 0 Å². The summed E-state index contributed by atoms with van der Waals surface area (Å²) >= 11 is 0. The van der Waals surface area contributed by atoms with Gasteiger partial charge in [0.05, 0.1) is 5.56 Å². The van der Waals surface area contributed by atoms with E-state index >= 15 is 0 Å². The van der Waals surface area contributed by atoms with Crippen LogP contribution in [0.25, 0.3) is 21.9 Å². The molecule has 0 unspecified atom stereocenters. The molecule has 0 fully saturated rings. The molecule has 6 aromatic rings. The summed E-state index contributed by atoms with van der Waals surface area (Å²) in [5.41, 5.74) is 5.05. The van der Waals surface area contributed by atoms with E-state index in [1.807, 2.05) is 48.5 Å². The number of anilines is 2. The second kappa shape index (κ2) is 11.8. The normalized spacial score (nSPS) is 10.8. The van der Waals surface area contributed by atoms with Gasteiger partial charge in [0.25, 0.3) is 11.8 Å². The van der Waals surface area contributed by atoms with Gasteiger partial charge in [-0.15, -0.1) is 10.2 Å². The second-order valence-corrected chi connectivity index (χ2v) is 9.78. The zero-order valence-corrected chi connectivity index (χ0v) is 22.6. The smallest absolute Gasteiger partial charge is 0.336 e. The van der Waals surface area contributed by atoms with Crippen LogP contribution in [0.4, 0.5) is 11.4 Å². The molecule has 1 heterocycles. The number of carbonyl (C=O) groups is 3. The molecule has 0 atom stereocenters. The molecule has 5 aromatic carbocycles. The Balaban J connectivity index is 1.11. The van der Waals surface area contributed by atoms with Gasteiger partial charge >= 0.3 is 5.97 Å². The lowest BCUT2D eigenvalue weighted by Gasteiger charge is -2.11. The summed E-state index contributed by atoms with van der Waals surface area (Å²) in [5, 5.41) is 30.4. The summed E-state index contributed by atoms with van der Waals surface area (Å²) in [5.74, 6) is -1.02. The Morgan fingerprint density at radius 2 is 1.40 bits per heavy atom. The van der Waals surface area contributed by atoms with E-state index in [0.29, 0.717) is 45.5 Å². The molecule has 0 bridgehead atoms. The van der Waals surface area contributed by atoms with Crippen LogP contribution < -0.4 is 10.6 Å². The van der Waals surface area contributed by atoms with Gasteiger partial charge < -0.3 is 15.7 Å². The van der Waals surface area contributed by atoms with Gasteiger partial charge in [0, 0.05) is 34.3 Å². The van der Waals surface area contributed by atoms with Gasteiger partial charge in [-0.05, 0) is 70.6 Å². The van der Waals surface area contributed by atoms with Crippen LogP contribution in [0.15, 0.2) is 109 Å². The van der Waals surface area contributed by atoms with E-state index in [0.717, 1.165) is 16.7 Å². The molecule has 210 valence electrons. The molecule has 0 saturated carbocycles. The zero-order valence-electron chi connectivity index (χ0n) is 22.6. The Morgan fingerprint density at radius 1 is 0.698 bits per heavy atom. The lowest BCUT2D eigenvalue weighted by molar-refractivity contribution is 0.0698. The van der Waals surface area contributed by atoms with Crippen LogP contribution in [0.2, 0.25) is 0 Å². The standard InChI is InChI=1S/C33H24N6O4/c40-31(35-29-17-16-28(33(42)43)26-6-1-2-7-27(26)29)23-10-8-21(9-11-23)22-12-14-25(15-13-22)34-32(41)24-5-3-4-20(18-24)19-30-36-38-39-37-30/h1-18H,19H2,(H,34,41)(H,35,40)(H,42,43)(H,36,37,38,39). The van der Waals surface area contributed by atoms with Crippen molar-refractivity contribution in [2.24, 2.45) is 0 Å². The summed E-state index contributed by atoms with van der Waals surface area (Å²) in [6, 6.07) is 32.0. The minimum Gasteiger partial charge on any atom is -0.478 e. The number of hydrogen-bond acceptors (Lipinski definition) is 6. The number of carboxylic acid groups (broad SMARTS) is 1. The number of carboxylic acids is 1. The lowest BCUT2D eigenvalue weighted by atomic mass is 10.0. The average molecular weight is 569 g/mol. The number of fused-ring (bicyclic) bond motifs is 1. The van der Waals surface area contributed by atoms with Crippen molar-refractivity contribution in [1.29, 1.82) is 0 Å². The van der Waals surface area contributed by atoms with E-state index in [4.69, 9.17) is 0 Å². The molecule has 43 heavy (non-hydrogen) atoms. The number of rotatable bonds is 8. The van der Waals surface area contributed by atoms with Gasteiger partial charge in [-0.25, -0.2) is 4.79 Å². The monoisotopic (exact) mass is 568 g/mol. The van der Waals surface area contributed by atoms with E-state index in [1.54, 1.807) is 54.6 Å². The zero-order chi connectivity index (χ0) is 29.8. The molecule has 0 aliphatic heterocycles. The Hall–Kier alpha value is -6.16. The number of carbonyl (C=O) groups excluding carboxylic acids is 2. The van der Waals surface area contributed by atoms with Crippen molar-refractivity contribution in [1.82, 2.24) is 20.6 Å². The molecule has 10 nitrogen and oxygen atoms in total. The fourth-order valence-electron chi connectivity index (χ4n) is 4.81. The van der Waals surface area contributed by atoms with E-state index in [1.165, 1.54) is 6.07 Å². The first kappa shape index (κ1) is 27.0. The fourth-order valence-corrected chi connectivity index (χ4v) is 4.81. The van der Waals surface area contributed by atoms with Crippen molar-refractivity contribution in [2.45, 2.75) is 6.42 Å². The predicted molar refractivity (Wildman–Crippen MR) is 162 cm³/mol. The van der Waals surface area contributed by atoms with Crippen LogP contribution in [-0.4, -0.2) is 43.5 Å². The first-order chi connectivity index (χ1) is 20.9. The summed E-state index contributed by atoms with van der Waals surface area (Å²) in [6.45, 7) is 0. The fraction of sp³-hybridized carbons (Fsp3) is 0.0303. The highest BCUT2D eigenvalue weighted by Crippen LogP contribution is 2.28. The number of nitrogens with one attached hydrogen (secondary N) is 3. The quantitative estimate of drug-likeness (QED) is 0.181. The van der Waals surface area contributed by atoms with E-state index in [2.05, 4.69) is 31.3 Å². The van der Waals surface area contributed by atoms with Crippen molar-refractivity contribution in [2.75, 3.05) is 10.6 Å². The second-order valence-electron chi connectivity index (χ2n) is 9.78. The number of H-pyrrole nitrogens is 1. The van der Waals surface area contributed by atoms with Crippen molar-refractivity contribution in [3.63, 3.8) is 0 Å². The topological polar surface area (TPSA) is 150 Å². The Morgan fingerprint density at radius 3 is 2.09 bits per heavy atom. The van der Waals surface area contributed by atoms with Crippen LogP contribution in [0.3, 0.4) is 0 Å². The highest BCUT2D eigenvalue weighted by Gasteiger charge is 2.14. The first-order valence-electron chi connectivity index (χ1n) is 13.3. The van der Waals surface area contributed by atoms with Gasteiger partial charge in [-0.3, -0.25) is 9.59 Å². The van der Waals surface area contributed by atoms with Gasteiger partial charge in [-0.1, -0.05) is 65.9 Å². The molecule has 0 saturated heterocycles. The summed E-state index contributed by atoms with van der Waals surface area (Å²) in [7, 11) is 0. The molecule has 0 spiro atoms. The number of aromatic carboxylic acids is 1. The van der Waals surface area contributed by atoms with Crippen LogP contribution >= 0.6 is 0 Å². The largest absolute Gasteiger partial charge is 0.478 e. The number of hydrogen-bond donors (Lipinski definition) is 4. The van der Waals surface area contributed by atoms with Crippen LogP contribution in [-0.2, 0) is 6.42 Å². The number of benzene rings is 5. The molecule has 6 rings (SSSR count). The van der Waals surface area contributed by atoms with Crippen molar-refractivity contribution < 1.29 is 19.5 Å². The van der Waals surface area contributed by atoms with E-state index in [9.17, 15) is 19.5 Å². The SMILES string of the molecule is O=C(Nc1ccc(-c2ccc(C(=O)Nc3ccc(C(=O)O)c4ccccc34)cc2)cc1)c1cccc(Cc2nn[nH]n2)c1. The average Bonchev–Trinajstić information content (AvgIpc) is 3.54. The van der Waals surface area contributed by atoms with E-state index < -0.39 is 5.97 Å². The van der Waals surface area contributed by atoms with E-state index in [-0.39, 0.29) is 17.4 Å². The Labute approximate surface area is 245 Å². The van der Waals surface area contributed by atoms with Gasteiger partial charge in [-0.2, -0.15) is 5.21 Å². The van der Waals surface area contributed by atoms with Gasteiger partial charge in [0.15, 0.2) is 5.82 Å². The third kappa shape index (κ3) is 5.98. The number of aromatic nitrogens is 4.